The Morgan fingerprint density at radius 2 is 2.14 bits per heavy atom. The summed E-state index contributed by atoms with van der Waals surface area (Å²) in [6, 6.07) is 10.3. The van der Waals surface area contributed by atoms with E-state index in [1.54, 1.807) is 12.1 Å². The summed E-state index contributed by atoms with van der Waals surface area (Å²) in [5.41, 5.74) is 8.11. The number of H-pyrrole nitrogens is 1. The Kier molecular flexibility index (Phi) is 4.38. The Morgan fingerprint density at radius 3 is 2.90 bits per heavy atom. The molecule has 0 bridgehead atoms. The van der Waals surface area contributed by atoms with Gasteiger partial charge in [-0.2, -0.15) is 0 Å². The van der Waals surface area contributed by atoms with Crippen molar-refractivity contribution in [2.45, 2.75) is 19.0 Å². The molecule has 4 N–H and O–H groups in total. The molecule has 148 valence electrons. The number of nitrogens with two attached hydrogens (primary N) is 1. The molecule has 1 saturated heterocycles. The highest BCUT2D eigenvalue weighted by atomic mass is 32.1. The number of phenols is 1. The van der Waals surface area contributed by atoms with E-state index in [-0.39, 0.29) is 23.2 Å². The van der Waals surface area contributed by atoms with E-state index in [2.05, 4.69) is 9.88 Å². The van der Waals surface area contributed by atoms with E-state index in [1.807, 2.05) is 17.5 Å². The molecule has 1 aliphatic heterocycles. The van der Waals surface area contributed by atoms with Crippen LogP contribution in [0, 0.1) is 5.82 Å². The Labute approximate surface area is 170 Å². The molecule has 0 spiro atoms. The second-order valence-electron chi connectivity index (χ2n) is 7.59. The van der Waals surface area contributed by atoms with Crippen molar-refractivity contribution in [3.8, 4) is 16.9 Å². The highest BCUT2D eigenvalue weighted by Crippen LogP contribution is 2.40. The number of phenolic OH excluding ortho intramolecular Hbond substituents is 1. The van der Waals surface area contributed by atoms with Gasteiger partial charge in [-0.25, -0.2) is 4.39 Å². The maximum Gasteiger partial charge on any atom is 0.266 e. The average molecular weight is 409 g/mol. The number of hydrogen-bond donors (Lipinski definition) is 3. The molecule has 2 aromatic heterocycles. The minimum Gasteiger partial charge on any atom is -0.507 e. The zero-order chi connectivity index (χ0) is 20.1. The molecule has 1 atom stereocenters. The molecular formula is C22H20FN3O2S. The summed E-state index contributed by atoms with van der Waals surface area (Å²) < 4.78 is 15.5. The summed E-state index contributed by atoms with van der Waals surface area (Å²) in [6.07, 6.45) is 0.929. The third kappa shape index (κ3) is 3.11. The van der Waals surface area contributed by atoms with Gasteiger partial charge in [0, 0.05) is 53.1 Å². The molecule has 0 aliphatic carbocycles. The van der Waals surface area contributed by atoms with Gasteiger partial charge in [0.15, 0.2) is 0 Å². The van der Waals surface area contributed by atoms with Crippen LogP contribution in [0.25, 0.3) is 32.1 Å². The first-order valence-electron chi connectivity index (χ1n) is 9.53. The minimum atomic E-state index is -0.314. The van der Waals surface area contributed by atoms with Crippen LogP contribution in [0.4, 0.5) is 4.39 Å². The fourth-order valence-electron chi connectivity index (χ4n) is 4.21. The van der Waals surface area contributed by atoms with Gasteiger partial charge >= 0.3 is 0 Å². The molecule has 1 unspecified atom stereocenters. The van der Waals surface area contributed by atoms with Crippen LogP contribution in [-0.4, -0.2) is 34.1 Å². The van der Waals surface area contributed by atoms with E-state index in [9.17, 15) is 14.3 Å². The number of fused-ring (bicyclic) bond motifs is 3. The van der Waals surface area contributed by atoms with Crippen molar-refractivity contribution >= 4 is 32.3 Å². The van der Waals surface area contributed by atoms with Gasteiger partial charge in [-0.15, -0.1) is 11.3 Å². The lowest BCUT2D eigenvalue weighted by Gasteiger charge is -2.17. The molecule has 7 heteroatoms. The number of aromatic nitrogens is 1. The number of thiophene rings is 1. The molecule has 1 fully saturated rings. The number of aromatic amines is 1. The zero-order valence-corrected chi connectivity index (χ0v) is 16.4. The summed E-state index contributed by atoms with van der Waals surface area (Å²) in [4.78, 5) is 17.3. The van der Waals surface area contributed by atoms with Gasteiger partial charge in [0.1, 0.15) is 16.3 Å². The highest BCUT2D eigenvalue weighted by molar-refractivity contribution is 7.17. The second kappa shape index (κ2) is 6.95. The lowest BCUT2D eigenvalue weighted by molar-refractivity contribution is 0.321. The topological polar surface area (TPSA) is 82.3 Å². The van der Waals surface area contributed by atoms with Crippen molar-refractivity contribution < 1.29 is 9.50 Å². The molecule has 1 aliphatic rings. The summed E-state index contributed by atoms with van der Waals surface area (Å²) in [5, 5.41) is 13.9. The van der Waals surface area contributed by atoms with Crippen LogP contribution >= 0.6 is 11.3 Å². The number of halogens is 1. The summed E-state index contributed by atoms with van der Waals surface area (Å²) in [5.74, 6) is -0.264. The Balaban J connectivity index is 1.64. The first-order valence-corrected chi connectivity index (χ1v) is 10.4. The fraction of sp³-hybridized carbons (Fsp3) is 0.227. The van der Waals surface area contributed by atoms with Crippen molar-refractivity contribution in [2.24, 2.45) is 5.73 Å². The van der Waals surface area contributed by atoms with Crippen molar-refractivity contribution in [2.75, 3.05) is 13.1 Å². The number of hydrogen-bond acceptors (Lipinski definition) is 5. The van der Waals surface area contributed by atoms with Crippen molar-refractivity contribution in [1.29, 1.82) is 0 Å². The van der Waals surface area contributed by atoms with E-state index in [1.165, 1.54) is 23.5 Å². The quantitative estimate of drug-likeness (QED) is 0.481. The number of nitrogens with one attached hydrogen (secondary N) is 1. The van der Waals surface area contributed by atoms with Gasteiger partial charge in [-0.05, 0) is 41.6 Å². The van der Waals surface area contributed by atoms with Crippen molar-refractivity contribution in [3.63, 3.8) is 0 Å². The number of aromatic hydroxyl groups is 1. The van der Waals surface area contributed by atoms with Crippen molar-refractivity contribution in [1.82, 2.24) is 9.88 Å². The van der Waals surface area contributed by atoms with Gasteiger partial charge in [0.2, 0.25) is 0 Å². The number of pyridine rings is 1. The van der Waals surface area contributed by atoms with Crippen LogP contribution in [0.15, 0.2) is 46.6 Å². The first kappa shape index (κ1) is 18.3. The highest BCUT2D eigenvalue weighted by Gasteiger charge is 2.21. The predicted octanol–water partition coefficient (Wildman–Crippen LogP) is 3.79. The zero-order valence-electron chi connectivity index (χ0n) is 15.6. The average Bonchev–Trinajstić information content (AvgIpc) is 3.34. The molecule has 29 heavy (non-hydrogen) atoms. The lowest BCUT2D eigenvalue weighted by Crippen LogP contribution is -2.26. The smallest absolute Gasteiger partial charge is 0.266 e. The van der Waals surface area contributed by atoms with E-state index in [0.717, 1.165) is 30.3 Å². The van der Waals surface area contributed by atoms with E-state index >= 15 is 0 Å². The number of likely N-dealkylation sites (tertiary alicyclic amines) is 1. The van der Waals surface area contributed by atoms with Crippen molar-refractivity contribution in [3.05, 3.63) is 63.5 Å². The van der Waals surface area contributed by atoms with Gasteiger partial charge in [0.05, 0.1) is 0 Å². The van der Waals surface area contributed by atoms with Crippen LogP contribution in [0.1, 0.15) is 12.0 Å². The summed E-state index contributed by atoms with van der Waals surface area (Å²) >= 11 is 1.35. The molecule has 0 amide bonds. The summed E-state index contributed by atoms with van der Waals surface area (Å²) in [7, 11) is 0. The van der Waals surface area contributed by atoms with Crippen LogP contribution in [-0.2, 0) is 6.54 Å². The standard InChI is InChI=1S/C22H20FN3O2S/c23-16-9-12(1-2-13(16)10-26-7-5-14(24)11-26)19-18(27)4-3-17-20(19)15-6-8-29-21(15)22(28)25-17/h1-4,6,8-9,14,27H,5,7,10-11,24H2,(H,25,28). The SMILES string of the molecule is NC1CCN(Cc2ccc(-c3c(O)ccc4[nH]c(=O)c5sccc5c34)cc2F)C1. The Bertz CT molecular complexity index is 1300. The lowest BCUT2D eigenvalue weighted by atomic mass is 9.96. The van der Waals surface area contributed by atoms with Crippen LogP contribution < -0.4 is 11.3 Å². The van der Waals surface area contributed by atoms with Gasteiger partial charge in [0.25, 0.3) is 5.56 Å². The normalized spacial score (nSPS) is 17.5. The van der Waals surface area contributed by atoms with Crippen LogP contribution in [0.3, 0.4) is 0 Å². The number of nitrogens with zero attached hydrogens (tertiary/aromatic N) is 1. The molecule has 5 rings (SSSR count). The maximum atomic E-state index is 14.9. The third-order valence-corrected chi connectivity index (χ3v) is 6.53. The van der Waals surface area contributed by atoms with Gasteiger partial charge in [-0.3, -0.25) is 9.69 Å². The first-order chi connectivity index (χ1) is 14.0. The van der Waals surface area contributed by atoms with Gasteiger partial charge in [-0.1, -0.05) is 12.1 Å². The Morgan fingerprint density at radius 1 is 1.28 bits per heavy atom. The molecular weight excluding hydrogens is 389 g/mol. The molecule has 5 nitrogen and oxygen atoms in total. The predicted molar refractivity (Wildman–Crippen MR) is 115 cm³/mol. The van der Waals surface area contributed by atoms with Crippen LogP contribution in [0.2, 0.25) is 0 Å². The van der Waals surface area contributed by atoms with Gasteiger partial charge < -0.3 is 15.8 Å². The van der Waals surface area contributed by atoms with E-state index in [0.29, 0.717) is 33.5 Å². The summed E-state index contributed by atoms with van der Waals surface area (Å²) in [6.45, 7) is 2.16. The molecule has 4 aromatic rings. The largest absolute Gasteiger partial charge is 0.507 e. The van der Waals surface area contributed by atoms with E-state index in [4.69, 9.17) is 5.73 Å². The molecule has 2 aromatic carbocycles. The number of rotatable bonds is 3. The maximum absolute atomic E-state index is 14.9. The number of benzene rings is 2. The van der Waals surface area contributed by atoms with Crippen LogP contribution in [0.5, 0.6) is 5.75 Å². The minimum absolute atomic E-state index is 0.0507. The van der Waals surface area contributed by atoms with E-state index < -0.39 is 0 Å². The molecule has 3 heterocycles. The monoisotopic (exact) mass is 409 g/mol. The Hall–Kier alpha value is -2.74. The third-order valence-electron chi connectivity index (χ3n) is 5.62. The second-order valence-corrected chi connectivity index (χ2v) is 8.51. The molecule has 0 radical (unpaired) electrons. The molecule has 0 saturated carbocycles. The fourth-order valence-corrected chi connectivity index (χ4v) is 5.00.